The largest absolute Gasteiger partial charge is 0.356 e. The van der Waals surface area contributed by atoms with Crippen LogP contribution in [0.25, 0.3) is 0 Å². The number of rotatable bonds is 3. The Morgan fingerprint density at radius 2 is 1.88 bits per heavy atom. The zero-order valence-corrected chi connectivity index (χ0v) is 10.6. The van der Waals surface area contributed by atoms with Crippen molar-refractivity contribution in [2.45, 2.75) is 25.3 Å². The standard InChI is InChI=1S/C8H11N.C3H7O4P/c9-7-6-8-4-2-1-3-5-8;1-2-3(7-2)8(4,5)6/h1-5H,6-7,9H2;2-3H,1H3,(H2,4,5,6)/t;2-,3+/m.0/s1. The van der Waals surface area contributed by atoms with Crippen LogP contribution in [0.1, 0.15) is 12.5 Å². The molecule has 0 aliphatic carbocycles. The zero-order valence-electron chi connectivity index (χ0n) is 9.69. The molecule has 1 aliphatic heterocycles. The van der Waals surface area contributed by atoms with Crippen LogP contribution in [0.3, 0.4) is 0 Å². The van der Waals surface area contributed by atoms with Crippen LogP contribution in [0.2, 0.25) is 0 Å². The molecular weight excluding hydrogens is 241 g/mol. The lowest BCUT2D eigenvalue weighted by Crippen LogP contribution is -2.01. The summed E-state index contributed by atoms with van der Waals surface area (Å²) in [5.74, 6) is -0.817. The Balaban J connectivity index is 0.000000171. The first kappa shape index (κ1) is 14.4. The molecule has 0 aromatic heterocycles. The van der Waals surface area contributed by atoms with Gasteiger partial charge in [0.15, 0.2) is 5.85 Å². The van der Waals surface area contributed by atoms with E-state index in [2.05, 4.69) is 16.9 Å². The summed E-state index contributed by atoms with van der Waals surface area (Å²) >= 11 is 0. The molecule has 1 heterocycles. The molecule has 0 spiro atoms. The molecule has 1 fully saturated rings. The van der Waals surface area contributed by atoms with E-state index in [0.29, 0.717) is 0 Å². The van der Waals surface area contributed by atoms with Gasteiger partial charge < -0.3 is 20.3 Å². The Labute approximate surface area is 101 Å². The molecule has 96 valence electrons. The quantitative estimate of drug-likeness (QED) is 0.558. The fraction of sp³-hybridized carbons (Fsp3) is 0.455. The third-order valence-corrected chi connectivity index (χ3v) is 3.49. The van der Waals surface area contributed by atoms with Gasteiger partial charge in [0.05, 0.1) is 6.10 Å². The third kappa shape index (κ3) is 5.44. The van der Waals surface area contributed by atoms with Crippen LogP contribution in [0.15, 0.2) is 30.3 Å². The maximum absolute atomic E-state index is 10.2. The average molecular weight is 259 g/mol. The SMILES string of the molecule is C[C@@H]1O[C@@H]1P(=O)(O)O.NCCc1ccccc1. The predicted octanol–water partition coefficient (Wildman–Crippen LogP) is 1.10. The van der Waals surface area contributed by atoms with Crippen molar-refractivity contribution in [1.29, 1.82) is 0 Å². The molecule has 4 N–H and O–H groups in total. The molecule has 17 heavy (non-hydrogen) atoms. The molecule has 0 saturated carbocycles. The molecule has 2 atom stereocenters. The molecule has 1 aromatic carbocycles. The van der Waals surface area contributed by atoms with E-state index < -0.39 is 13.4 Å². The summed E-state index contributed by atoms with van der Waals surface area (Å²) in [7, 11) is -3.90. The number of benzene rings is 1. The molecule has 5 nitrogen and oxygen atoms in total. The van der Waals surface area contributed by atoms with Crippen molar-refractivity contribution in [3.05, 3.63) is 35.9 Å². The van der Waals surface area contributed by atoms with Crippen molar-refractivity contribution in [2.75, 3.05) is 6.54 Å². The summed E-state index contributed by atoms with van der Waals surface area (Å²) in [6.45, 7) is 2.37. The van der Waals surface area contributed by atoms with Gasteiger partial charge in [0, 0.05) is 0 Å². The first-order chi connectivity index (χ1) is 7.95. The zero-order chi connectivity index (χ0) is 12.9. The molecule has 1 aliphatic rings. The summed E-state index contributed by atoms with van der Waals surface area (Å²) in [5.41, 5.74) is 6.68. The van der Waals surface area contributed by atoms with Gasteiger partial charge in [-0.2, -0.15) is 0 Å². The molecule has 0 amide bonds. The van der Waals surface area contributed by atoms with Gasteiger partial charge in [0.1, 0.15) is 0 Å². The van der Waals surface area contributed by atoms with E-state index >= 15 is 0 Å². The van der Waals surface area contributed by atoms with Crippen molar-refractivity contribution < 1.29 is 19.1 Å². The highest BCUT2D eigenvalue weighted by atomic mass is 31.2. The van der Waals surface area contributed by atoms with Crippen LogP contribution in [-0.2, 0) is 15.7 Å². The molecule has 0 unspecified atom stereocenters. The van der Waals surface area contributed by atoms with Gasteiger partial charge >= 0.3 is 7.60 Å². The van der Waals surface area contributed by atoms with Crippen molar-refractivity contribution in [3.8, 4) is 0 Å². The summed E-state index contributed by atoms with van der Waals surface area (Å²) in [4.78, 5) is 16.6. The van der Waals surface area contributed by atoms with E-state index in [1.165, 1.54) is 5.56 Å². The van der Waals surface area contributed by atoms with E-state index in [9.17, 15) is 4.57 Å². The van der Waals surface area contributed by atoms with Crippen LogP contribution in [-0.4, -0.2) is 28.3 Å². The van der Waals surface area contributed by atoms with E-state index in [1.807, 2.05) is 18.2 Å². The molecule has 1 saturated heterocycles. The lowest BCUT2D eigenvalue weighted by atomic mass is 10.2. The minimum atomic E-state index is -3.90. The van der Waals surface area contributed by atoms with Crippen LogP contribution >= 0.6 is 7.60 Å². The number of epoxide rings is 1. The fourth-order valence-corrected chi connectivity index (χ4v) is 2.24. The minimum Gasteiger partial charge on any atom is -0.356 e. The fourth-order valence-electron chi connectivity index (χ4n) is 1.34. The van der Waals surface area contributed by atoms with Crippen molar-refractivity contribution in [3.63, 3.8) is 0 Å². The van der Waals surface area contributed by atoms with Gasteiger partial charge in [-0.3, -0.25) is 4.57 Å². The lowest BCUT2D eigenvalue weighted by Gasteiger charge is -1.93. The highest BCUT2D eigenvalue weighted by molar-refractivity contribution is 7.52. The van der Waals surface area contributed by atoms with Gasteiger partial charge in [-0.25, -0.2) is 0 Å². The summed E-state index contributed by atoms with van der Waals surface area (Å²) in [5, 5.41) is 0. The normalized spacial score (nSPS) is 22.6. The first-order valence-corrected chi connectivity index (χ1v) is 7.08. The molecule has 0 radical (unpaired) electrons. The van der Waals surface area contributed by atoms with E-state index in [-0.39, 0.29) is 6.10 Å². The molecular formula is C11H18NO4P. The maximum atomic E-state index is 10.2. The van der Waals surface area contributed by atoms with E-state index in [4.69, 9.17) is 15.5 Å². The summed E-state index contributed by atoms with van der Waals surface area (Å²) in [6, 6.07) is 10.3. The van der Waals surface area contributed by atoms with Gasteiger partial charge in [-0.1, -0.05) is 30.3 Å². The molecule has 2 rings (SSSR count). The Bertz CT molecular complexity index is 378. The minimum absolute atomic E-state index is 0.254. The predicted molar refractivity (Wildman–Crippen MR) is 65.6 cm³/mol. The smallest absolute Gasteiger partial charge is 0.356 e. The van der Waals surface area contributed by atoms with Gasteiger partial charge in [0.25, 0.3) is 0 Å². The Morgan fingerprint density at radius 3 is 2.18 bits per heavy atom. The second-order valence-corrected chi connectivity index (χ2v) is 5.53. The third-order valence-electron chi connectivity index (χ3n) is 2.29. The average Bonchev–Trinajstić information content (AvgIpc) is 2.98. The second kappa shape index (κ2) is 6.28. The number of hydrogen-bond acceptors (Lipinski definition) is 3. The molecule has 6 heteroatoms. The maximum Gasteiger partial charge on any atom is 0.356 e. The Kier molecular flexibility index (Phi) is 5.31. The summed E-state index contributed by atoms with van der Waals surface area (Å²) in [6.07, 6.45) is 0.733. The second-order valence-electron chi connectivity index (χ2n) is 3.85. The van der Waals surface area contributed by atoms with Crippen LogP contribution in [0.5, 0.6) is 0 Å². The monoisotopic (exact) mass is 259 g/mol. The number of hydrogen-bond donors (Lipinski definition) is 3. The van der Waals surface area contributed by atoms with Crippen LogP contribution < -0.4 is 5.73 Å². The van der Waals surface area contributed by atoms with Crippen molar-refractivity contribution >= 4 is 7.60 Å². The van der Waals surface area contributed by atoms with Gasteiger partial charge in [-0.05, 0) is 25.5 Å². The first-order valence-electron chi connectivity index (χ1n) is 5.40. The van der Waals surface area contributed by atoms with E-state index in [0.717, 1.165) is 13.0 Å². The lowest BCUT2D eigenvalue weighted by molar-refractivity contribution is 0.333. The van der Waals surface area contributed by atoms with Crippen molar-refractivity contribution in [2.24, 2.45) is 5.73 Å². The van der Waals surface area contributed by atoms with Crippen LogP contribution in [0, 0.1) is 0 Å². The highest BCUT2D eigenvalue weighted by Crippen LogP contribution is 2.52. The topological polar surface area (TPSA) is 96.1 Å². The van der Waals surface area contributed by atoms with E-state index in [1.54, 1.807) is 6.92 Å². The highest BCUT2D eigenvalue weighted by Gasteiger charge is 2.48. The molecule has 1 aromatic rings. The van der Waals surface area contributed by atoms with Crippen molar-refractivity contribution in [1.82, 2.24) is 0 Å². The van der Waals surface area contributed by atoms with Gasteiger partial charge in [-0.15, -0.1) is 0 Å². The van der Waals surface area contributed by atoms with Crippen LogP contribution in [0.4, 0.5) is 0 Å². The Hall–Kier alpha value is -0.710. The Morgan fingerprint density at radius 1 is 1.35 bits per heavy atom. The number of ether oxygens (including phenoxy) is 1. The molecule has 0 bridgehead atoms. The summed E-state index contributed by atoms with van der Waals surface area (Å²) < 4.78 is 14.7. The number of nitrogens with two attached hydrogens (primary N) is 1. The van der Waals surface area contributed by atoms with Gasteiger partial charge in [0.2, 0.25) is 0 Å².